The summed E-state index contributed by atoms with van der Waals surface area (Å²) in [6.45, 7) is 4.20. The molecule has 82 valence electrons. The van der Waals surface area contributed by atoms with Gasteiger partial charge in [-0.2, -0.15) is 0 Å². The molecular weight excluding hydrogens is 188 g/mol. The van der Waals surface area contributed by atoms with Crippen LogP contribution in [0.1, 0.15) is 33.1 Å². The highest BCUT2D eigenvalue weighted by Crippen LogP contribution is 2.14. The third kappa shape index (κ3) is 4.63. The first-order valence-corrected chi connectivity index (χ1v) is 5.48. The van der Waals surface area contributed by atoms with Crippen molar-refractivity contribution >= 4 is 5.97 Å². The van der Waals surface area contributed by atoms with Gasteiger partial charge in [-0.15, -0.1) is 0 Å². The lowest BCUT2D eigenvalue weighted by atomic mass is 10.0. The maximum Gasteiger partial charge on any atom is 0.311 e. The van der Waals surface area contributed by atoms with E-state index in [9.17, 15) is 4.79 Å². The van der Waals surface area contributed by atoms with Crippen LogP contribution in [0.5, 0.6) is 5.75 Å². The summed E-state index contributed by atoms with van der Waals surface area (Å²) in [7, 11) is 0. The number of carbonyl (C=O) groups is 1. The summed E-state index contributed by atoms with van der Waals surface area (Å²) in [5.74, 6) is 0.902. The smallest absolute Gasteiger partial charge is 0.311 e. The van der Waals surface area contributed by atoms with Crippen molar-refractivity contribution in [2.45, 2.75) is 33.1 Å². The van der Waals surface area contributed by atoms with Gasteiger partial charge in [0, 0.05) is 6.42 Å². The van der Waals surface area contributed by atoms with Gasteiger partial charge in [-0.1, -0.05) is 44.9 Å². The summed E-state index contributed by atoms with van der Waals surface area (Å²) in [5.41, 5.74) is 0. The van der Waals surface area contributed by atoms with Crippen LogP contribution in [-0.4, -0.2) is 5.97 Å². The van der Waals surface area contributed by atoms with E-state index in [2.05, 4.69) is 13.8 Å². The highest BCUT2D eigenvalue weighted by molar-refractivity contribution is 5.72. The summed E-state index contributed by atoms with van der Waals surface area (Å²) in [4.78, 5) is 11.5. The Bertz CT molecular complexity index is 293. The second-order valence-corrected chi connectivity index (χ2v) is 3.89. The van der Waals surface area contributed by atoms with Crippen molar-refractivity contribution in [3.63, 3.8) is 0 Å². The highest BCUT2D eigenvalue weighted by atomic mass is 16.5. The molecular formula is C13H18O2. The standard InChI is InChI=1S/C13H18O2/c1-3-7-11(2)10-13(14)15-12-8-5-4-6-9-12/h4-6,8-9,11H,3,7,10H2,1-2H3. The molecule has 0 fully saturated rings. The molecule has 0 saturated heterocycles. The maximum atomic E-state index is 11.5. The minimum Gasteiger partial charge on any atom is -0.427 e. The number of esters is 1. The molecule has 1 atom stereocenters. The molecule has 0 spiro atoms. The van der Waals surface area contributed by atoms with Crippen LogP contribution in [0, 0.1) is 5.92 Å². The number of carbonyl (C=O) groups excluding carboxylic acids is 1. The zero-order chi connectivity index (χ0) is 11.1. The molecule has 0 radical (unpaired) electrons. The van der Waals surface area contributed by atoms with Gasteiger partial charge < -0.3 is 4.74 Å². The molecule has 0 bridgehead atoms. The Labute approximate surface area is 91.3 Å². The summed E-state index contributed by atoms with van der Waals surface area (Å²) >= 11 is 0. The van der Waals surface area contributed by atoms with E-state index in [1.807, 2.05) is 18.2 Å². The summed E-state index contributed by atoms with van der Waals surface area (Å²) in [5, 5.41) is 0. The Morgan fingerprint density at radius 1 is 1.33 bits per heavy atom. The van der Waals surface area contributed by atoms with Gasteiger partial charge in [0.05, 0.1) is 0 Å². The minimum absolute atomic E-state index is 0.137. The maximum absolute atomic E-state index is 11.5. The molecule has 2 heteroatoms. The predicted octanol–water partition coefficient (Wildman–Crippen LogP) is 3.42. The van der Waals surface area contributed by atoms with Gasteiger partial charge in [0.25, 0.3) is 0 Å². The zero-order valence-corrected chi connectivity index (χ0v) is 9.40. The van der Waals surface area contributed by atoms with E-state index in [4.69, 9.17) is 4.74 Å². The van der Waals surface area contributed by atoms with Crippen molar-refractivity contribution in [1.82, 2.24) is 0 Å². The molecule has 0 aliphatic carbocycles. The van der Waals surface area contributed by atoms with E-state index in [1.54, 1.807) is 12.1 Å². The van der Waals surface area contributed by atoms with Gasteiger partial charge in [-0.05, 0) is 18.1 Å². The van der Waals surface area contributed by atoms with Crippen molar-refractivity contribution in [3.05, 3.63) is 30.3 Å². The van der Waals surface area contributed by atoms with Gasteiger partial charge in [-0.25, -0.2) is 0 Å². The SMILES string of the molecule is CCCC(C)CC(=O)Oc1ccccc1. The average molecular weight is 206 g/mol. The highest BCUT2D eigenvalue weighted by Gasteiger charge is 2.09. The summed E-state index contributed by atoms with van der Waals surface area (Å²) in [6.07, 6.45) is 2.69. The lowest BCUT2D eigenvalue weighted by Crippen LogP contribution is -2.12. The van der Waals surface area contributed by atoms with Gasteiger partial charge in [0.2, 0.25) is 0 Å². The fourth-order valence-corrected chi connectivity index (χ4v) is 1.54. The first-order valence-electron chi connectivity index (χ1n) is 5.48. The van der Waals surface area contributed by atoms with E-state index in [1.165, 1.54) is 0 Å². The largest absolute Gasteiger partial charge is 0.427 e. The van der Waals surface area contributed by atoms with Crippen LogP contribution in [0.4, 0.5) is 0 Å². The number of para-hydroxylation sites is 1. The number of hydrogen-bond acceptors (Lipinski definition) is 2. The molecule has 1 rings (SSSR count). The third-order valence-corrected chi connectivity index (χ3v) is 2.27. The molecule has 0 aromatic heterocycles. The lowest BCUT2D eigenvalue weighted by molar-refractivity contribution is -0.135. The van der Waals surface area contributed by atoms with Crippen LogP contribution in [0.15, 0.2) is 30.3 Å². The Hall–Kier alpha value is -1.31. The van der Waals surface area contributed by atoms with Crippen molar-refractivity contribution in [3.8, 4) is 5.75 Å². The van der Waals surface area contributed by atoms with Crippen LogP contribution < -0.4 is 4.74 Å². The Balaban J connectivity index is 2.36. The van der Waals surface area contributed by atoms with Crippen molar-refractivity contribution < 1.29 is 9.53 Å². The third-order valence-electron chi connectivity index (χ3n) is 2.27. The Kier molecular flexibility index (Phi) is 4.88. The molecule has 0 N–H and O–H groups in total. The number of hydrogen-bond donors (Lipinski definition) is 0. The van der Waals surface area contributed by atoms with Crippen molar-refractivity contribution in [1.29, 1.82) is 0 Å². The van der Waals surface area contributed by atoms with E-state index >= 15 is 0 Å². The molecule has 15 heavy (non-hydrogen) atoms. The fourth-order valence-electron chi connectivity index (χ4n) is 1.54. The molecule has 1 aromatic carbocycles. The molecule has 0 heterocycles. The number of ether oxygens (including phenoxy) is 1. The Morgan fingerprint density at radius 3 is 2.60 bits per heavy atom. The number of rotatable bonds is 5. The molecule has 0 aliphatic heterocycles. The van der Waals surface area contributed by atoms with Crippen LogP contribution in [0.3, 0.4) is 0 Å². The second kappa shape index (κ2) is 6.23. The summed E-state index contributed by atoms with van der Waals surface area (Å²) < 4.78 is 5.19. The fraction of sp³-hybridized carbons (Fsp3) is 0.462. The van der Waals surface area contributed by atoms with E-state index < -0.39 is 0 Å². The lowest BCUT2D eigenvalue weighted by Gasteiger charge is -2.09. The van der Waals surface area contributed by atoms with Crippen LogP contribution >= 0.6 is 0 Å². The molecule has 1 unspecified atom stereocenters. The minimum atomic E-state index is -0.137. The first kappa shape index (κ1) is 11.8. The number of benzene rings is 1. The predicted molar refractivity (Wildman–Crippen MR) is 60.8 cm³/mol. The topological polar surface area (TPSA) is 26.3 Å². The molecule has 0 amide bonds. The van der Waals surface area contributed by atoms with Crippen LogP contribution in [0.2, 0.25) is 0 Å². The first-order chi connectivity index (χ1) is 7.22. The molecule has 0 saturated carbocycles. The summed E-state index contributed by atoms with van der Waals surface area (Å²) in [6, 6.07) is 9.21. The monoisotopic (exact) mass is 206 g/mol. The van der Waals surface area contributed by atoms with Gasteiger partial charge in [0.1, 0.15) is 5.75 Å². The molecule has 1 aromatic rings. The quantitative estimate of drug-likeness (QED) is 0.545. The normalized spacial score (nSPS) is 12.1. The van der Waals surface area contributed by atoms with Gasteiger partial charge >= 0.3 is 5.97 Å². The van der Waals surface area contributed by atoms with Crippen LogP contribution in [-0.2, 0) is 4.79 Å². The molecule has 0 aliphatic rings. The van der Waals surface area contributed by atoms with Gasteiger partial charge in [0.15, 0.2) is 0 Å². The second-order valence-electron chi connectivity index (χ2n) is 3.89. The van der Waals surface area contributed by atoms with E-state index in [0.29, 0.717) is 18.1 Å². The average Bonchev–Trinajstić information content (AvgIpc) is 2.19. The van der Waals surface area contributed by atoms with Crippen molar-refractivity contribution in [2.24, 2.45) is 5.92 Å². The van der Waals surface area contributed by atoms with Crippen molar-refractivity contribution in [2.75, 3.05) is 0 Å². The van der Waals surface area contributed by atoms with Gasteiger partial charge in [-0.3, -0.25) is 4.79 Å². The zero-order valence-electron chi connectivity index (χ0n) is 9.40. The van der Waals surface area contributed by atoms with E-state index in [-0.39, 0.29) is 5.97 Å². The van der Waals surface area contributed by atoms with Crippen LogP contribution in [0.25, 0.3) is 0 Å². The Morgan fingerprint density at radius 2 is 2.00 bits per heavy atom. The molecule has 2 nitrogen and oxygen atoms in total. The van der Waals surface area contributed by atoms with E-state index in [0.717, 1.165) is 12.8 Å².